The summed E-state index contributed by atoms with van der Waals surface area (Å²) in [5, 5.41) is 20.0. The molecule has 0 saturated heterocycles. The highest BCUT2D eigenvalue weighted by Crippen LogP contribution is 2.31. The maximum Gasteiger partial charge on any atom is 0.489 e. The molecule has 0 aliphatic carbocycles. The van der Waals surface area contributed by atoms with E-state index in [4.69, 9.17) is 15.8 Å². The zero-order chi connectivity index (χ0) is 10.3. The molecule has 3 nitrogen and oxygen atoms in total. The Morgan fingerprint density at radius 1 is 1.36 bits per heavy atom. The first kappa shape index (κ1) is 9.52. The molecule has 14 heavy (non-hydrogen) atoms. The average Bonchev–Trinajstić information content (AvgIpc) is 2.43. The Labute approximate surface area is 85.9 Å². The van der Waals surface area contributed by atoms with Crippen LogP contribution in [-0.2, 0) is 0 Å². The molecule has 1 aromatic carbocycles. The number of fused-ring (bicyclic) bond motifs is 1. The molecule has 1 aromatic heterocycles. The van der Waals surface area contributed by atoms with Gasteiger partial charge in [0.05, 0.1) is 5.00 Å². The molecule has 1 heterocycles. The van der Waals surface area contributed by atoms with E-state index in [1.54, 1.807) is 12.1 Å². The van der Waals surface area contributed by atoms with Crippen LogP contribution in [0.2, 0.25) is 0 Å². The van der Waals surface area contributed by atoms with Crippen molar-refractivity contribution >= 4 is 39.0 Å². The minimum atomic E-state index is -1.43. The molecule has 0 spiro atoms. The van der Waals surface area contributed by atoms with Crippen molar-refractivity contribution in [2.45, 2.75) is 6.92 Å². The van der Waals surface area contributed by atoms with E-state index in [2.05, 4.69) is 0 Å². The Morgan fingerprint density at radius 2 is 2.07 bits per heavy atom. The van der Waals surface area contributed by atoms with Gasteiger partial charge < -0.3 is 15.8 Å². The van der Waals surface area contributed by atoms with Crippen LogP contribution in [-0.4, -0.2) is 17.2 Å². The van der Waals surface area contributed by atoms with Crippen LogP contribution in [0.4, 0.5) is 5.00 Å². The molecule has 0 amide bonds. The Balaban J connectivity index is 2.81. The van der Waals surface area contributed by atoms with Crippen LogP contribution in [0.3, 0.4) is 0 Å². The van der Waals surface area contributed by atoms with Crippen LogP contribution in [0.1, 0.15) is 5.56 Å². The summed E-state index contributed by atoms with van der Waals surface area (Å²) in [6.07, 6.45) is 0. The highest BCUT2D eigenvalue weighted by Gasteiger charge is 2.17. The molecule has 0 radical (unpaired) electrons. The monoisotopic (exact) mass is 207 g/mol. The summed E-state index contributed by atoms with van der Waals surface area (Å²) < 4.78 is 0.859. The molecule has 72 valence electrons. The van der Waals surface area contributed by atoms with Gasteiger partial charge >= 0.3 is 7.12 Å². The number of thiophene rings is 1. The van der Waals surface area contributed by atoms with E-state index >= 15 is 0 Å². The fourth-order valence-corrected chi connectivity index (χ4v) is 2.59. The molecule has 0 aliphatic rings. The second-order valence-corrected chi connectivity index (χ2v) is 4.24. The van der Waals surface area contributed by atoms with Gasteiger partial charge in [-0.25, -0.2) is 0 Å². The number of rotatable bonds is 1. The maximum atomic E-state index is 9.14. The highest BCUT2D eigenvalue weighted by molar-refractivity contribution is 7.24. The third-order valence-corrected chi connectivity index (χ3v) is 3.50. The predicted molar refractivity (Wildman–Crippen MR) is 60.8 cm³/mol. The summed E-state index contributed by atoms with van der Waals surface area (Å²) in [7, 11) is -1.43. The minimum Gasteiger partial charge on any atom is -0.423 e. The minimum absolute atomic E-state index is 0.521. The van der Waals surface area contributed by atoms with Crippen molar-refractivity contribution in [1.82, 2.24) is 0 Å². The van der Waals surface area contributed by atoms with Gasteiger partial charge in [-0.05, 0) is 23.3 Å². The van der Waals surface area contributed by atoms with Gasteiger partial charge in [0.15, 0.2) is 0 Å². The summed E-state index contributed by atoms with van der Waals surface area (Å²) in [5.41, 5.74) is 7.30. The van der Waals surface area contributed by atoms with Crippen molar-refractivity contribution in [3.8, 4) is 0 Å². The van der Waals surface area contributed by atoms with Gasteiger partial charge in [0.2, 0.25) is 0 Å². The Hall–Kier alpha value is -1.04. The lowest BCUT2D eigenvalue weighted by molar-refractivity contribution is 0.426. The first-order valence-electron chi connectivity index (χ1n) is 4.25. The fraction of sp³-hybridized carbons (Fsp3) is 0.111. The fourth-order valence-electron chi connectivity index (χ4n) is 1.49. The first-order chi connectivity index (χ1) is 6.61. The normalized spacial score (nSPS) is 10.8. The van der Waals surface area contributed by atoms with Crippen LogP contribution in [0, 0.1) is 6.92 Å². The van der Waals surface area contributed by atoms with Crippen LogP contribution < -0.4 is 11.2 Å². The lowest BCUT2D eigenvalue weighted by Gasteiger charge is -2.00. The van der Waals surface area contributed by atoms with Crippen molar-refractivity contribution in [1.29, 1.82) is 0 Å². The molecule has 2 aromatic rings. The van der Waals surface area contributed by atoms with Crippen molar-refractivity contribution in [3.05, 3.63) is 23.8 Å². The maximum absolute atomic E-state index is 9.14. The number of nitrogens with two attached hydrogens (primary N) is 1. The summed E-state index contributed by atoms with van der Waals surface area (Å²) in [6, 6.07) is 5.43. The molecular formula is C9H10BNO2S. The number of hydrogen-bond donors (Lipinski definition) is 3. The Morgan fingerprint density at radius 3 is 2.71 bits per heavy atom. The van der Waals surface area contributed by atoms with Gasteiger partial charge in [0, 0.05) is 4.70 Å². The van der Waals surface area contributed by atoms with Crippen molar-refractivity contribution in [2.75, 3.05) is 5.73 Å². The smallest absolute Gasteiger partial charge is 0.423 e. The summed E-state index contributed by atoms with van der Waals surface area (Å²) in [4.78, 5) is 0. The topological polar surface area (TPSA) is 66.5 Å². The largest absolute Gasteiger partial charge is 0.489 e. The van der Waals surface area contributed by atoms with Gasteiger partial charge in [-0.3, -0.25) is 0 Å². The predicted octanol–water partition coefficient (Wildman–Crippen LogP) is 0.472. The van der Waals surface area contributed by atoms with Crippen LogP contribution in [0.25, 0.3) is 10.1 Å². The van der Waals surface area contributed by atoms with Crippen LogP contribution in [0.15, 0.2) is 18.2 Å². The van der Waals surface area contributed by atoms with E-state index in [-0.39, 0.29) is 0 Å². The highest BCUT2D eigenvalue weighted by atomic mass is 32.1. The molecule has 0 bridgehead atoms. The number of aryl methyl sites for hydroxylation is 1. The van der Waals surface area contributed by atoms with Gasteiger partial charge in [-0.1, -0.05) is 18.2 Å². The summed E-state index contributed by atoms with van der Waals surface area (Å²) >= 11 is 1.39. The number of nitrogen functional groups attached to an aromatic ring is 1. The van der Waals surface area contributed by atoms with Gasteiger partial charge in [-0.2, -0.15) is 0 Å². The molecule has 0 aliphatic heterocycles. The second kappa shape index (κ2) is 3.27. The second-order valence-electron chi connectivity index (χ2n) is 3.19. The van der Waals surface area contributed by atoms with Gasteiger partial charge in [0.1, 0.15) is 0 Å². The number of anilines is 1. The van der Waals surface area contributed by atoms with Crippen LogP contribution >= 0.6 is 11.3 Å². The SMILES string of the molecule is Cc1c(N)sc2c(B(O)O)cccc12. The van der Waals surface area contributed by atoms with Crippen LogP contribution in [0.5, 0.6) is 0 Å². The molecule has 0 unspecified atom stereocenters. The van der Waals surface area contributed by atoms with E-state index in [9.17, 15) is 0 Å². The Bertz CT molecular complexity index is 481. The molecule has 0 atom stereocenters. The average molecular weight is 207 g/mol. The zero-order valence-electron chi connectivity index (χ0n) is 7.69. The molecule has 4 N–H and O–H groups in total. The molecule has 0 saturated carbocycles. The summed E-state index contributed by atoms with van der Waals surface area (Å²) in [5.74, 6) is 0. The summed E-state index contributed by atoms with van der Waals surface area (Å²) in [6.45, 7) is 1.93. The van der Waals surface area contributed by atoms with Crippen molar-refractivity contribution in [2.24, 2.45) is 0 Å². The lowest BCUT2D eigenvalue weighted by atomic mass is 9.80. The van der Waals surface area contributed by atoms with E-state index in [0.717, 1.165) is 20.7 Å². The molecule has 2 rings (SSSR count). The Kier molecular flexibility index (Phi) is 2.22. The molecule has 5 heteroatoms. The third kappa shape index (κ3) is 1.30. The molecule has 0 fully saturated rings. The van der Waals surface area contributed by atoms with E-state index in [1.807, 2.05) is 13.0 Å². The molecular weight excluding hydrogens is 197 g/mol. The van der Waals surface area contributed by atoms with Crippen molar-refractivity contribution in [3.63, 3.8) is 0 Å². The quantitative estimate of drug-likeness (QED) is 0.595. The van der Waals surface area contributed by atoms with Gasteiger partial charge in [-0.15, -0.1) is 11.3 Å². The number of hydrogen-bond acceptors (Lipinski definition) is 4. The number of benzene rings is 1. The standard InChI is InChI=1S/C9H10BNO2S/c1-5-6-3-2-4-7(10(12)13)8(6)14-9(5)11/h2-4,12-13H,11H2,1H3. The van der Waals surface area contributed by atoms with E-state index < -0.39 is 7.12 Å². The lowest BCUT2D eigenvalue weighted by Crippen LogP contribution is -2.29. The van der Waals surface area contributed by atoms with Crippen molar-refractivity contribution < 1.29 is 10.0 Å². The van der Waals surface area contributed by atoms with E-state index in [1.165, 1.54) is 11.3 Å². The zero-order valence-corrected chi connectivity index (χ0v) is 8.51. The van der Waals surface area contributed by atoms with E-state index in [0.29, 0.717) is 5.46 Å². The van der Waals surface area contributed by atoms with Gasteiger partial charge in [0.25, 0.3) is 0 Å². The third-order valence-electron chi connectivity index (χ3n) is 2.31. The first-order valence-corrected chi connectivity index (χ1v) is 5.06.